The second kappa shape index (κ2) is 6.17. The molecule has 1 aliphatic heterocycles. The van der Waals surface area contributed by atoms with E-state index < -0.39 is 27.6 Å². The number of aliphatic carboxylic acids is 1. The van der Waals surface area contributed by atoms with Crippen LogP contribution in [-0.2, 0) is 15.0 Å². The zero-order chi connectivity index (χ0) is 14.7. The molecule has 112 valence electrons. The Morgan fingerprint density at radius 3 is 2.63 bits per heavy atom. The fourth-order valence-corrected chi connectivity index (χ4v) is 3.66. The second-order valence-electron chi connectivity index (χ2n) is 5.21. The first kappa shape index (κ1) is 16.4. The highest BCUT2D eigenvalue weighted by atomic mass is 32.2. The third-order valence-electron chi connectivity index (χ3n) is 3.58. The van der Waals surface area contributed by atoms with Crippen molar-refractivity contribution in [3.63, 3.8) is 0 Å². The van der Waals surface area contributed by atoms with Crippen LogP contribution < -0.4 is 4.72 Å². The lowest BCUT2D eigenvalue weighted by molar-refractivity contribution is -0.142. The van der Waals surface area contributed by atoms with Crippen molar-refractivity contribution >= 4 is 16.2 Å². The Morgan fingerprint density at radius 2 is 2.16 bits per heavy atom. The minimum absolute atomic E-state index is 0.0180. The fraction of sp³-hybridized carbons (Fsp3) is 0.909. The summed E-state index contributed by atoms with van der Waals surface area (Å²) in [6, 6.07) is 0. The lowest BCUT2D eigenvalue weighted by atomic mass is 10.0. The van der Waals surface area contributed by atoms with E-state index in [9.17, 15) is 18.3 Å². The van der Waals surface area contributed by atoms with Gasteiger partial charge in [0.1, 0.15) is 0 Å². The summed E-state index contributed by atoms with van der Waals surface area (Å²) in [5.41, 5.74) is -0.922. The molecule has 0 aromatic rings. The molecule has 1 rings (SSSR count). The standard InChI is InChI=1S/C11H22N2O5S/c1-3-11(2,8-14)12-19(17,18)13-6-4-5-9(7-13)10(15)16/h9,12,14H,3-8H2,1-2H3,(H,15,16). The van der Waals surface area contributed by atoms with Crippen molar-refractivity contribution in [2.24, 2.45) is 5.92 Å². The molecule has 0 saturated carbocycles. The van der Waals surface area contributed by atoms with Crippen LogP contribution in [0, 0.1) is 5.92 Å². The molecular formula is C11H22N2O5S. The molecule has 1 heterocycles. The predicted molar refractivity (Wildman–Crippen MR) is 69.8 cm³/mol. The van der Waals surface area contributed by atoms with Crippen molar-refractivity contribution in [1.29, 1.82) is 0 Å². The van der Waals surface area contributed by atoms with Crippen LogP contribution >= 0.6 is 0 Å². The summed E-state index contributed by atoms with van der Waals surface area (Å²) in [6.45, 7) is 3.37. The van der Waals surface area contributed by atoms with Crippen LogP contribution in [0.4, 0.5) is 0 Å². The van der Waals surface area contributed by atoms with Crippen LogP contribution in [0.3, 0.4) is 0 Å². The molecular weight excluding hydrogens is 272 g/mol. The highest BCUT2D eigenvalue weighted by Crippen LogP contribution is 2.20. The summed E-state index contributed by atoms with van der Waals surface area (Å²) in [6.07, 6.45) is 1.46. The number of rotatable bonds is 6. The van der Waals surface area contributed by atoms with Crippen LogP contribution in [-0.4, -0.2) is 54.1 Å². The van der Waals surface area contributed by atoms with Gasteiger partial charge in [-0.15, -0.1) is 0 Å². The van der Waals surface area contributed by atoms with Gasteiger partial charge >= 0.3 is 5.97 Å². The van der Waals surface area contributed by atoms with Gasteiger partial charge in [0.05, 0.1) is 18.1 Å². The third-order valence-corrected chi connectivity index (χ3v) is 5.34. The van der Waals surface area contributed by atoms with Crippen LogP contribution in [0.5, 0.6) is 0 Å². The highest BCUT2D eigenvalue weighted by molar-refractivity contribution is 7.87. The van der Waals surface area contributed by atoms with Crippen molar-refractivity contribution in [1.82, 2.24) is 9.03 Å². The van der Waals surface area contributed by atoms with E-state index in [-0.39, 0.29) is 13.2 Å². The lowest BCUT2D eigenvalue weighted by Crippen LogP contribution is -2.55. The Bertz CT molecular complexity index is 419. The molecule has 7 nitrogen and oxygen atoms in total. The summed E-state index contributed by atoms with van der Waals surface area (Å²) in [4.78, 5) is 10.9. The SMILES string of the molecule is CCC(C)(CO)NS(=O)(=O)N1CCCC(C(=O)O)C1. The number of aliphatic hydroxyl groups is 1. The van der Waals surface area contributed by atoms with Gasteiger partial charge in [-0.05, 0) is 26.2 Å². The number of carboxylic acid groups (broad SMARTS) is 1. The zero-order valence-electron chi connectivity index (χ0n) is 11.3. The van der Waals surface area contributed by atoms with E-state index >= 15 is 0 Å². The molecule has 0 amide bonds. The zero-order valence-corrected chi connectivity index (χ0v) is 12.1. The molecule has 2 atom stereocenters. The van der Waals surface area contributed by atoms with E-state index in [1.54, 1.807) is 13.8 Å². The maximum Gasteiger partial charge on any atom is 0.307 e. The molecule has 19 heavy (non-hydrogen) atoms. The van der Waals surface area contributed by atoms with E-state index in [1.165, 1.54) is 0 Å². The van der Waals surface area contributed by atoms with Crippen LogP contribution in [0.1, 0.15) is 33.1 Å². The number of carbonyl (C=O) groups is 1. The van der Waals surface area contributed by atoms with Gasteiger partial charge in [0.2, 0.25) is 0 Å². The molecule has 0 aromatic heterocycles. The Hall–Kier alpha value is -0.700. The maximum absolute atomic E-state index is 12.2. The molecule has 8 heteroatoms. The molecule has 3 N–H and O–H groups in total. The fourth-order valence-electron chi connectivity index (χ4n) is 1.95. The lowest BCUT2D eigenvalue weighted by Gasteiger charge is -2.34. The molecule has 2 unspecified atom stereocenters. The first-order valence-corrected chi connectivity index (χ1v) is 7.81. The summed E-state index contributed by atoms with van der Waals surface area (Å²) >= 11 is 0. The van der Waals surface area contributed by atoms with Gasteiger partial charge in [0, 0.05) is 13.1 Å². The number of hydrogen-bond acceptors (Lipinski definition) is 4. The number of carboxylic acids is 1. The average Bonchev–Trinajstić information content (AvgIpc) is 2.38. The van der Waals surface area contributed by atoms with E-state index in [1.807, 2.05) is 0 Å². The van der Waals surface area contributed by atoms with Gasteiger partial charge < -0.3 is 10.2 Å². The van der Waals surface area contributed by atoms with Crippen molar-refractivity contribution in [3.8, 4) is 0 Å². The highest BCUT2D eigenvalue weighted by Gasteiger charge is 2.36. The maximum atomic E-state index is 12.2. The Labute approximate surface area is 113 Å². The molecule has 0 spiro atoms. The second-order valence-corrected chi connectivity index (χ2v) is 6.89. The first-order chi connectivity index (χ1) is 8.74. The smallest absolute Gasteiger partial charge is 0.307 e. The minimum Gasteiger partial charge on any atom is -0.481 e. The number of nitrogens with zero attached hydrogens (tertiary/aromatic N) is 1. The number of hydrogen-bond donors (Lipinski definition) is 3. The Kier molecular flexibility index (Phi) is 5.31. The van der Waals surface area contributed by atoms with Crippen molar-refractivity contribution in [2.45, 2.75) is 38.6 Å². The van der Waals surface area contributed by atoms with Crippen molar-refractivity contribution in [3.05, 3.63) is 0 Å². The normalized spacial score (nSPS) is 24.9. The summed E-state index contributed by atoms with van der Waals surface area (Å²) in [5, 5.41) is 18.2. The quantitative estimate of drug-likeness (QED) is 0.628. The van der Waals surface area contributed by atoms with Crippen molar-refractivity contribution < 1.29 is 23.4 Å². The van der Waals surface area contributed by atoms with Gasteiger partial charge in [-0.2, -0.15) is 17.4 Å². The number of piperidine rings is 1. The van der Waals surface area contributed by atoms with Gasteiger partial charge in [-0.25, -0.2) is 0 Å². The molecule has 0 bridgehead atoms. The van der Waals surface area contributed by atoms with E-state index in [0.717, 1.165) is 4.31 Å². The molecule has 0 radical (unpaired) electrons. The van der Waals surface area contributed by atoms with Gasteiger partial charge in [0.25, 0.3) is 10.2 Å². The summed E-state index contributed by atoms with van der Waals surface area (Å²) in [5.74, 6) is -1.63. The third kappa shape index (κ3) is 4.13. The summed E-state index contributed by atoms with van der Waals surface area (Å²) < 4.78 is 28.0. The van der Waals surface area contributed by atoms with Crippen LogP contribution in [0.25, 0.3) is 0 Å². The molecule has 1 fully saturated rings. The molecule has 1 aliphatic rings. The van der Waals surface area contributed by atoms with Gasteiger partial charge in [-0.1, -0.05) is 6.92 Å². The average molecular weight is 294 g/mol. The number of aliphatic hydroxyl groups excluding tert-OH is 1. The molecule has 0 aromatic carbocycles. The largest absolute Gasteiger partial charge is 0.481 e. The van der Waals surface area contributed by atoms with Crippen LogP contribution in [0.15, 0.2) is 0 Å². The van der Waals surface area contributed by atoms with Crippen LogP contribution in [0.2, 0.25) is 0 Å². The minimum atomic E-state index is -3.77. The predicted octanol–water partition coefficient (Wildman–Crippen LogP) is -0.222. The molecule has 0 aliphatic carbocycles. The summed E-state index contributed by atoms with van der Waals surface area (Å²) in [7, 11) is -3.77. The first-order valence-electron chi connectivity index (χ1n) is 6.37. The molecule has 1 saturated heterocycles. The van der Waals surface area contributed by atoms with E-state index in [0.29, 0.717) is 25.8 Å². The Morgan fingerprint density at radius 1 is 1.53 bits per heavy atom. The van der Waals surface area contributed by atoms with Gasteiger partial charge in [-0.3, -0.25) is 4.79 Å². The van der Waals surface area contributed by atoms with Crippen molar-refractivity contribution in [2.75, 3.05) is 19.7 Å². The Balaban J connectivity index is 2.80. The van der Waals surface area contributed by atoms with E-state index in [2.05, 4.69) is 4.72 Å². The number of nitrogens with one attached hydrogen (secondary N) is 1. The van der Waals surface area contributed by atoms with E-state index in [4.69, 9.17) is 5.11 Å². The monoisotopic (exact) mass is 294 g/mol. The topological polar surface area (TPSA) is 107 Å². The van der Waals surface area contributed by atoms with Gasteiger partial charge in [0.15, 0.2) is 0 Å².